The first-order valence-corrected chi connectivity index (χ1v) is 7.45. The van der Waals surface area contributed by atoms with Crippen LogP contribution >= 0.6 is 0 Å². The molecule has 1 saturated heterocycles. The molecule has 2 heterocycles. The minimum atomic E-state index is -0.325. The number of rotatable bonds is 1. The number of amides is 1. The summed E-state index contributed by atoms with van der Waals surface area (Å²) in [4.78, 5) is 19.0. The number of carbonyl (C=O) groups excluding carboxylic acids is 1. The fourth-order valence-electron chi connectivity index (χ4n) is 2.79. The Labute approximate surface area is 128 Å². The molecule has 1 amide bonds. The molecule has 0 saturated carbocycles. The molecule has 0 bridgehead atoms. The molecule has 0 aliphatic carbocycles. The maximum Gasteiger partial charge on any atom is 0.256 e. The fourth-order valence-corrected chi connectivity index (χ4v) is 2.79. The van der Waals surface area contributed by atoms with Crippen LogP contribution in [-0.4, -0.2) is 41.1 Å². The zero-order valence-corrected chi connectivity index (χ0v) is 13.0. The van der Waals surface area contributed by atoms with Crippen LogP contribution in [0.3, 0.4) is 0 Å². The van der Waals surface area contributed by atoms with Gasteiger partial charge in [-0.3, -0.25) is 9.78 Å². The van der Waals surface area contributed by atoms with E-state index in [0.29, 0.717) is 29.9 Å². The lowest BCUT2D eigenvalue weighted by molar-refractivity contribution is -0.0387. The van der Waals surface area contributed by atoms with Crippen LogP contribution in [0.1, 0.15) is 29.9 Å². The Bertz CT molecular complexity index is 732. The Morgan fingerprint density at radius 2 is 2.14 bits per heavy atom. The van der Waals surface area contributed by atoms with Gasteiger partial charge in [-0.15, -0.1) is 0 Å². The van der Waals surface area contributed by atoms with E-state index in [1.165, 1.54) is 12.1 Å². The Kier molecular flexibility index (Phi) is 3.83. The van der Waals surface area contributed by atoms with E-state index in [2.05, 4.69) is 4.98 Å². The summed E-state index contributed by atoms with van der Waals surface area (Å²) in [5, 5.41) is 0.768. The second-order valence-electron chi connectivity index (χ2n) is 5.91. The van der Waals surface area contributed by atoms with Gasteiger partial charge in [0.05, 0.1) is 35.5 Å². The number of nitrogens with zero attached hydrogens (tertiary/aromatic N) is 2. The molecule has 0 spiro atoms. The van der Waals surface area contributed by atoms with Crippen molar-refractivity contribution in [2.75, 3.05) is 13.2 Å². The largest absolute Gasteiger partial charge is 0.375 e. The first-order chi connectivity index (χ1) is 10.5. The van der Waals surface area contributed by atoms with Crippen LogP contribution in [0.25, 0.3) is 10.9 Å². The van der Waals surface area contributed by atoms with Gasteiger partial charge in [-0.1, -0.05) is 0 Å². The summed E-state index contributed by atoms with van der Waals surface area (Å²) in [6, 6.07) is 6.25. The number of morpholine rings is 1. The lowest BCUT2D eigenvalue weighted by Crippen LogP contribution is -2.50. The number of carbonyl (C=O) groups is 1. The number of fused-ring (bicyclic) bond motifs is 1. The Hall–Kier alpha value is -2.01. The second kappa shape index (κ2) is 5.65. The molecular weight excluding hydrogens is 283 g/mol. The molecule has 0 radical (unpaired) electrons. The van der Waals surface area contributed by atoms with Crippen molar-refractivity contribution in [2.45, 2.75) is 32.9 Å². The molecule has 1 aromatic heterocycles. The van der Waals surface area contributed by atoms with Crippen molar-refractivity contribution in [1.82, 2.24) is 9.88 Å². The summed E-state index contributed by atoms with van der Waals surface area (Å²) in [6.45, 7) is 6.83. The van der Waals surface area contributed by atoms with E-state index < -0.39 is 0 Å². The second-order valence-corrected chi connectivity index (χ2v) is 5.91. The van der Waals surface area contributed by atoms with Crippen molar-refractivity contribution < 1.29 is 13.9 Å². The quantitative estimate of drug-likeness (QED) is 0.813. The zero-order valence-electron chi connectivity index (χ0n) is 13.0. The monoisotopic (exact) mass is 302 g/mol. The van der Waals surface area contributed by atoms with Crippen LogP contribution in [0.5, 0.6) is 0 Å². The summed E-state index contributed by atoms with van der Waals surface area (Å²) in [6.07, 6.45) is 0.0305. The van der Waals surface area contributed by atoms with Crippen molar-refractivity contribution in [1.29, 1.82) is 0 Å². The van der Waals surface area contributed by atoms with Crippen molar-refractivity contribution in [3.05, 3.63) is 41.3 Å². The zero-order chi connectivity index (χ0) is 15.9. The van der Waals surface area contributed by atoms with E-state index >= 15 is 0 Å². The minimum Gasteiger partial charge on any atom is -0.375 e. The lowest BCUT2D eigenvalue weighted by Gasteiger charge is -2.37. The first-order valence-electron chi connectivity index (χ1n) is 7.45. The van der Waals surface area contributed by atoms with Crippen LogP contribution in [0.15, 0.2) is 24.3 Å². The number of benzene rings is 1. The first kappa shape index (κ1) is 14.9. The molecule has 2 atom stereocenters. The van der Waals surface area contributed by atoms with Crippen LogP contribution in [0, 0.1) is 12.7 Å². The van der Waals surface area contributed by atoms with Gasteiger partial charge in [0, 0.05) is 18.0 Å². The molecule has 1 aliphatic rings. The molecule has 116 valence electrons. The van der Waals surface area contributed by atoms with Gasteiger partial charge in [0.25, 0.3) is 5.91 Å². The van der Waals surface area contributed by atoms with Crippen molar-refractivity contribution >= 4 is 16.8 Å². The number of aryl methyl sites for hydroxylation is 1. The molecule has 1 fully saturated rings. The minimum absolute atomic E-state index is 0.0305. The molecule has 4 nitrogen and oxygen atoms in total. The highest BCUT2D eigenvalue weighted by molar-refractivity contribution is 5.98. The number of pyridine rings is 1. The van der Waals surface area contributed by atoms with E-state index in [4.69, 9.17) is 4.74 Å². The molecule has 5 heteroatoms. The summed E-state index contributed by atoms with van der Waals surface area (Å²) in [5.41, 5.74) is 1.76. The Balaban J connectivity index is 2.00. The number of ether oxygens (including phenoxy) is 1. The average Bonchev–Trinajstić information content (AvgIpc) is 2.48. The van der Waals surface area contributed by atoms with Gasteiger partial charge in [-0.05, 0) is 39.0 Å². The Morgan fingerprint density at radius 3 is 2.91 bits per heavy atom. The predicted molar refractivity (Wildman–Crippen MR) is 82.4 cm³/mol. The summed E-state index contributed by atoms with van der Waals surface area (Å²) < 4.78 is 18.9. The molecule has 3 rings (SSSR count). The van der Waals surface area contributed by atoms with Crippen molar-refractivity contribution in [3.63, 3.8) is 0 Å². The normalized spacial score (nSPS) is 22.1. The third-order valence-corrected chi connectivity index (χ3v) is 4.07. The number of hydrogen-bond acceptors (Lipinski definition) is 3. The molecule has 0 N–H and O–H groups in total. The van der Waals surface area contributed by atoms with Gasteiger partial charge in [-0.2, -0.15) is 0 Å². The maximum atomic E-state index is 13.3. The highest BCUT2D eigenvalue weighted by Gasteiger charge is 2.29. The van der Waals surface area contributed by atoms with Crippen molar-refractivity contribution in [3.8, 4) is 0 Å². The molecule has 22 heavy (non-hydrogen) atoms. The number of aromatic nitrogens is 1. The molecule has 1 aromatic carbocycles. The lowest BCUT2D eigenvalue weighted by atomic mass is 10.1. The standard InChI is InChI=1S/C17H19FN2O2/c1-10-9-22-11(2)8-20(10)17(21)15-6-13-4-5-14(18)7-16(13)19-12(15)3/h4-7,10-11H,8-9H2,1-3H3/t10-,11+/m1/s1. The van der Waals surface area contributed by atoms with E-state index in [9.17, 15) is 9.18 Å². The van der Waals surface area contributed by atoms with Crippen LogP contribution in [0.2, 0.25) is 0 Å². The molecular formula is C17H19FN2O2. The van der Waals surface area contributed by atoms with Crippen molar-refractivity contribution in [2.24, 2.45) is 0 Å². The molecule has 1 aliphatic heterocycles. The predicted octanol–water partition coefficient (Wildman–Crippen LogP) is 2.93. The van der Waals surface area contributed by atoms with Gasteiger partial charge < -0.3 is 9.64 Å². The van der Waals surface area contributed by atoms with Gasteiger partial charge in [0.1, 0.15) is 5.82 Å². The van der Waals surface area contributed by atoms with E-state index in [0.717, 1.165) is 5.39 Å². The topological polar surface area (TPSA) is 42.4 Å². The fraction of sp³-hybridized carbons (Fsp3) is 0.412. The highest BCUT2D eigenvalue weighted by Crippen LogP contribution is 2.21. The summed E-state index contributed by atoms with van der Waals surface area (Å²) in [5.74, 6) is -0.368. The third kappa shape index (κ3) is 2.68. The van der Waals surface area contributed by atoms with Gasteiger partial charge in [0.2, 0.25) is 0 Å². The van der Waals surface area contributed by atoms with Gasteiger partial charge >= 0.3 is 0 Å². The van der Waals surface area contributed by atoms with Gasteiger partial charge in [0.15, 0.2) is 0 Å². The summed E-state index contributed by atoms with van der Waals surface area (Å²) in [7, 11) is 0. The Morgan fingerprint density at radius 1 is 1.36 bits per heavy atom. The molecule has 2 aromatic rings. The van der Waals surface area contributed by atoms with Crippen LogP contribution in [0.4, 0.5) is 4.39 Å². The maximum absolute atomic E-state index is 13.3. The van der Waals surface area contributed by atoms with Gasteiger partial charge in [-0.25, -0.2) is 4.39 Å². The van der Waals surface area contributed by atoms with E-state index in [-0.39, 0.29) is 23.9 Å². The van der Waals surface area contributed by atoms with E-state index in [1.807, 2.05) is 18.7 Å². The average molecular weight is 302 g/mol. The smallest absolute Gasteiger partial charge is 0.256 e. The highest BCUT2D eigenvalue weighted by atomic mass is 19.1. The third-order valence-electron chi connectivity index (χ3n) is 4.07. The summed E-state index contributed by atoms with van der Waals surface area (Å²) >= 11 is 0. The number of halogens is 1. The molecule has 0 unspecified atom stereocenters. The van der Waals surface area contributed by atoms with Crippen LogP contribution < -0.4 is 0 Å². The van der Waals surface area contributed by atoms with Crippen LogP contribution in [-0.2, 0) is 4.74 Å². The SMILES string of the molecule is Cc1nc2cc(F)ccc2cc1C(=O)N1C[C@H](C)OC[C@H]1C. The van der Waals surface area contributed by atoms with E-state index in [1.54, 1.807) is 19.1 Å². The number of hydrogen-bond donors (Lipinski definition) is 0.